The van der Waals surface area contributed by atoms with Gasteiger partial charge in [-0.25, -0.2) is 9.38 Å². The largest absolute Gasteiger partial charge is 0.375 e. The van der Waals surface area contributed by atoms with Gasteiger partial charge in [0, 0.05) is 48.5 Å². The summed E-state index contributed by atoms with van der Waals surface area (Å²) in [5.41, 5.74) is 1.41. The molecule has 0 heterocycles. The van der Waals surface area contributed by atoms with Gasteiger partial charge < -0.3 is 15.5 Å². The van der Waals surface area contributed by atoms with Gasteiger partial charge in [0.15, 0.2) is 5.96 Å². The molecule has 2 N–H and O–H groups in total. The van der Waals surface area contributed by atoms with E-state index in [-0.39, 0.29) is 41.1 Å². The maximum atomic E-state index is 14.1. The van der Waals surface area contributed by atoms with Crippen LogP contribution >= 0.6 is 24.0 Å². The fourth-order valence-corrected chi connectivity index (χ4v) is 4.79. The van der Waals surface area contributed by atoms with Gasteiger partial charge in [-0.05, 0) is 43.9 Å². The van der Waals surface area contributed by atoms with Gasteiger partial charge >= 0.3 is 0 Å². The van der Waals surface area contributed by atoms with E-state index in [9.17, 15) is 8.60 Å². The number of nitrogens with zero attached hydrogens (tertiary/aromatic N) is 2. The molecule has 0 aromatic heterocycles. The van der Waals surface area contributed by atoms with Crippen molar-refractivity contribution in [3.63, 3.8) is 0 Å². The van der Waals surface area contributed by atoms with E-state index in [0.717, 1.165) is 49.5 Å². The number of aliphatic imine (C=N–C) groups is 1. The number of anilines is 1. The van der Waals surface area contributed by atoms with Gasteiger partial charge in [-0.2, -0.15) is 0 Å². The molecule has 160 valence electrons. The van der Waals surface area contributed by atoms with Gasteiger partial charge in [-0.15, -0.1) is 24.0 Å². The highest BCUT2D eigenvalue weighted by molar-refractivity contribution is 14.0. The second-order valence-electron chi connectivity index (χ2n) is 7.17. The Morgan fingerprint density at radius 1 is 1.32 bits per heavy atom. The van der Waals surface area contributed by atoms with Crippen molar-refractivity contribution < 1.29 is 8.60 Å². The van der Waals surface area contributed by atoms with Crippen LogP contribution in [0.25, 0.3) is 0 Å². The summed E-state index contributed by atoms with van der Waals surface area (Å²) in [6.45, 7) is 5.19. The highest BCUT2D eigenvalue weighted by Crippen LogP contribution is 2.23. The van der Waals surface area contributed by atoms with Crippen LogP contribution in [0.2, 0.25) is 0 Å². The van der Waals surface area contributed by atoms with Crippen molar-refractivity contribution in [2.24, 2.45) is 4.99 Å². The minimum atomic E-state index is -0.741. The Labute approximate surface area is 188 Å². The number of hydrogen-bond donors (Lipinski definition) is 2. The number of rotatable bonds is 7. The predicted molar refractivity (Wildman–Crippen MR) is 129 cm³/mol. The molecule has 3 unspecified atom stereocenters. The molecule has 5 nitrogen and oxygen atoms in total. The summed E-state index contributed by atoms with van der Waals surface area (Å²) in [4.78, 5) is 6.38. The van der Waals surface area contributed by atoms with Gasteiger partial charge in [-0.1, -0.05) is 19.4 Å². The molecule has 0 radical (unpaired) electrons. The summed E-state index contributed by atoms with van der Waals surface area (Å²) >= 11 is 0. The first kappa shape index (κ1) is 25.1. The van der Waals surface area contributed by atoms with Crippen LogP contribution in [-0.4, -0.2) is 47.9 Å². The number of hydrogen-bond acceptors (Lipinski definition) is 3. The summed E-state index contributed by atoms with van der Waals surface area (Å²) in [6.07, 6.45) is 4.11. The molecule has 3 atom stereocenters. The fraction of sp³-hybridized carbons (Fsp3) is 0.650. The van der Waals surface area contributed by atoms with Crippen LogP contribution in [-0.2, 0) is 17.3 Å². The lowest BCUT2D eigenvalue weighted by Crippen LogP contribution is -2.46. The van der Waals surface area contributed by atoms with E-state index in [2.05, 4.69) is 15.6 Å². The van der Waals surface area contributed by atoms with E-state index < -0.39 is 10.8 Å². The average molecular weight is 524 g/mol. The molecule has 2 rings (SSSR count). The van der Waals surface area contributed by atoms with Crippen molar-refractivity contribution in [2.75, 3.05) is 31.3 Å². The highest BCUT2D eigenvalue weighted by Gasteiger charge is 2.26. The maximum absolute atomic E-state index is 14.1. The second kappa shape index (κ2) is 12.6. The highest BCUT2D eigenvalue weighted by atomic mass is 127. The summed E-state index contributed by atoms with van der Waals surface area (Å²) in [5.74, 6) is 1.23. The van der Waals surface area contributed by atoms with E-state index in [1.165, 1.54) is 0 Å². The van der Waals surface area contributed by atoms with Crippen LogP contribution in [0.3, 0.4) is 0 Å². The van der Waals surface area contributed by atoms with Crippen molar-refractivity contribution in [2.45, 2.75) is 57.4 Å². The smallest absolute Gasteiger partial charge is 0.191 e. The fourth-order valence-electron chi connectivity index (χ4n) is 3.45. The molecule has 8 heteroatoms. The van der Waals surface area contributed by atoms with Crippen LogP contribution in [0.15, 0.2) is 23.2 Å². The molecular formula is C20H34FIN4OS. The molecule has 1 saturated carbocycles. The van der Waals surface area contributed by atoms with E-state index in [1.54, 1.807) is 17.0 Å². The summed E-state index contributed by atoms with van der Waals surface area (Å²) in [5, 5.41) is 7.02. The molecule has 0 spiro atoms. The SMILES string of the molecule is CCNC(=NCc1ccc(N(C)C)c(F)c1)NC1CCCC(S(=O)CC)C1.I. The Morgan fingerprint density at radius 2 is 2.07 bits per heavy atom. The Balaban J connectivity index is 0.00000392. The molecule has 0 aliphatic heterocycles. The van der Waals surface area contributed by atoms with E-state index in [0.29, 0.717) is 12.2 Å². The summed E-state index contributed by atoms with van der Waals surface area (Å²) in [6, 6.07) is 5.52. The van der Waals surface area contributed by atoms with Crippen LogP contribution in [0.1, 0.15) is 45.1 Å². The minimum Gasteiger partial charge on any atom is -0.375 e. The third kappa shape index (κ3) is 7.50. The molecule has 1 fully saturated rings. The van der Waals surface area contributed by atoms with Crippen molar-refractivity contribution in [1.82, 2.24) is 10.6 Å². The predicted octanol–water partition coefficient (Wildman–Crippen LogP) is 3.64. The Kier molecular flexibility index (Phi) is 11.3. The lowest BCUT2D eigenvalue weighted by Gasteiger charge is -2.30. The van der Waals surface area contributed by atoms with Gasteiger partial charge in [0.2, 0.25) is 0 Å². The maximum Gasteiger partial charge on any atom is 0.191 e. The van der Waals surface area contributed by atoms with Crippen molar-refractivity contribution in [3.05, 3.63) is 29.6 Å². The van der Waals surface area contributed by atoms with Crippen LogP contribution < -0.4 is 15.5 Å². The Hall–Kier alpha value is -0.900. The first-order valence-electron chi connectivity index (χ1n) is 9.82. The van der Waals surface area contributed by atoms with Crippen molar-refractivity contribution in [1.29, 1.82) is 0 Å². The van der Waals surface area contributed by atoms with Crippen LogP contribution in [0.5, 0.6) is 0 Å². The monoisotopic (exact) mass is 524 g/mol. The minimum absolute atomic E-state index is 0. The van der Waals surface area contributed by atoms with Crippen LogP contribution in [0.4, 0.5) is 10.1 Å². The number of nitrogens with one attached hydrogen (secondary N) is 2. The zero-order valence-corrected chi connectivity index (χ0v) is 20.5. The standard InChI is InChI=1S/C20H33FN4OS.HI/c1-5-22-20(24-16-8-7-9-17(13-16)27(26)6-2)23-14-15-10-11-19(25(3)4)18(21)12-15;/h10-12,16-17H,5-9,13-14H2,1-4H3,(H2,22,23,24);1H. The van der Waals surface area contributed by atoms with Crippen molar-refractivity contribution >= 4 is 46.4 Å². The summed E-state index contributed by atoms with van der Waals surface area (Å²) in [7, 11) is 2.91. The Bertz CT molecular complexity index is 672. The lowest BCUT2D eigenvalue weighted by molar-refractivity contribution is 0.413. The zero-order valence-electron chi connectivity index (χ0n) is 17.3. The molecular weight excluding hydrogens is 490 g/mol. The van der Waals surface area contributed by atoms with Gasteiger partial charge in [0.25, 0.3) is 0 Å². The van der Waals surface area contributed by atoms with Crippen molar-refractivity contribution in [3.8, 4) is 0 Å². The van der Waals surface area contributed by atoms with Gasteiger partial charge in [0.1, 0.15) is 5.82 Å². The molecule has 0 amide bonds. The molecule has 1 aromatic carbocycles. The van der Waals surface area contributed by atoms with E-state index in [4.69, 9.17) is 0 Å². The lowest BCUT2D eigenvalue weighted by atomic mass is 9.95. The molecule has 1 aliphatic carbocycles. The third-order valence-corrected chi connectivity index (χ3v) is 6.62. The topological polar surface area (TPSA) is 56.7 Å². The normalized spacial score (nSPS) is 20.8. The molecule has 1 aromatic rings. The van der Waals surface area contributed by atoms with E-state index >= 15 is 0 Å². The average Bonchev–Trinajstić information content (AvgIpc) is 2.65. The van der Waals surface area contributed by atoms with Crippen LogP contribution in [0, 0.1) is 5.82 Å². The second-order valence-corrected chi connectivity index (χ2v) is 9.18. The molecule has 1 aliphatic rings. The first-order valence-corrected chi connectivity index (χ1v) is 11.2. The third-order valence-electron chi connectivity index (χ3n) is 4.88. The zero-order chi connectivity index (χ0) is 19.8. The number of halogens is 2. The molecule has 28 heavy (non-hydrogen) atoms. The quantitative estimate of drug-likeness (QED) is 0.325. The summed E-state index contributed by atoms with van der Waals surface area (Å²) < 4.78 is 26.3. The molecule has 0 saturated heterocycles. The molecule has 0 bridgehead atoms. The van der Waals surface area contributed by atoms with Gasteiger partial charge in [0.05, 0.1) is 12.2 Å². The van der Waals surface area contributed by atoms with Gasteiger partial charge in [-0.3, -0.25) is 4.21 Å². The van der Waals surface area contributed by atoms with E-state index in [1.807, 2.05) is 34.0 Å². The Morgan fingerprint density at radius 3 is 2.68 bits per heavy atom. The first-order chi connectivity index (χ1) is 12.9. The number of benzene rings is 1. The number of guanidine groups is 1.